The van der Waals surface area contributed by atoms with Gasteiger partial charge in [0.05, 0.1) is 28.7 Å². The zero-order valence-electron chi connectivity index (χ0n) is 16.5. The maximum Gasteiger partial charge on any atom is 0.270 e. The molecule has 0 spiro atoms. The van der Waals surface area contributed by atoms with E-state index in [2.05, 4.69) is 10.5 Å². The number of aliphatic hydroxyl groups excluding tert-OH is 1. The van der Waals surface area contributed by atoms with Crippen LogP contribution in [0.5, 0.6) is 5.75 Å². The van der Waals surface area contributed by atoms with Crippen LogP contribution in [0.15, 0.2) is 74.6 Å². The molecule has 0 saturated carbocycles. The van der Waals surface area contributed by atoms with E-state index >= 15 is 0 Å². The van der Waals surface area contributed by atoms with Gasteiger partial charge in [-0.25, -0.2) is 8.42 Å². The zero-order chi connectivity index (χ0) is 22.6. The quantitative estimate of drug-likeness (QED) is 0.338. The number of nitrogens with one attached hydrogen (secondary N) is 1. The largest absolute Gasteiger partial charge is 0.506 e. The number of carbonyl (C=O) groups excluding carboxylic acids is 1. The van der Waals surface area contributed by atoms with Crippen LogP contribution in [-0.4, -0.2) is 31.7 Å². The fourth-order valence-corrected chi connectivity index (χ4v) is 3.93. The molecule has 158 valence electrons. The summed E-state index contributed by atoms with van der Waals surface area (Å²) in [5.74, 6) is -0.669. The molecule has 0 atom stereocenters. The second kappa shape index (κ2) is 8.73. The first kappa shape index (κ1) is 21.6. The summed E-state index contributed by atoms with van der Waals surface area (Å²) in [6.07, 6.45) is 1.19. The van der Waals surface area contributed by atoms with Crippen LogP contribution in [0.4, 0.5) is 5.69 Å². The van der Waals surface area contributed by atoms with Gasteiger partial charge in [-0.15, -0.1) is 0 Å². The monoisotopic (exact) mass is 439 g/mol. The minimum atomic E-state index is -3.77. The van der Waals surface area contributed by atoms with Crippen molar-refractivity contribution in [1.29, 1.82) is 5.26 Å². The van der Waals surface area contributed by atoms with Crippen molar-refractivity contribution in [1.82, 2.24) is 5.16 Å². The van der Waals surface area contributed by atoms with E-state index in [1.54, 1.807) is 18.2 Å². The molecule has 2 aromatic carbocycles. The van der Waals surface area contributed by atoms with Crippen LogP contribution in [0.1, 0.15) is 11.3 Å². The molecule has 9 nitrogen and oxygen atoms in total. The van der Waals surface area contributed by atoms with Gasteiger partial charge in [0, 0.05) is 5.69 Å². The fraction of sp³-hybridized carbons (Fsp3) is 0.0952. The highest BCUT2D eigenvalue weighted by Gasteiger charge is 2.21. The predicted octanol–water partition coefficient (Wildman–Crippen LogP) is 3.26. The summed E-state index contributed by atoms with van der Waals surface area (Å²) in [6, 6.07) is 13.0. The molecule has 0 aliphatic carbocycles. The smallest absolute Gasteiger partial charge is 0.270 e. The molecule has 0 aliphatic rings. The van der Waals surface area contributed by atoms with Crippen molar-refractivity contribution < 1.29 is 27.6 Å². The molecule has 31 heavy (non-hydrogen) atoms. The summed E-state index contributed by atoms with van der Waals surface area (Å²) >= 11 is 0. The van der Waals surface area contributed by atoms with Gasteiger partial charge < -0.3 is 19.7 Å². The van der Waals surface area contributed by atoms with E-state index in [0.29, 0.717) is 5.75 Å². The molecule has 0 saturated heterocycles. The third-order valence-electron chi connectivity index (χ3n) is 4.37. The van der Waals surface area contributed by atoms with Crippen molar-refractivity contribution in [3.05, 3.63) is 71.6 Å². The molecule has 0 aliphatic heterocycles. The number of aromatic nitrogens is 1. The number of benzene rings is 2. The van der Waals surface area contributed by atoms with E-state index in [1.807, 2.05) is 0 Å². The molecule has 3 aromatic rings. The molecule has 2 N–H and O–H groups in total. The second-order valence-electron chi connectivity index (χ2n) is 6.29. The Bertz CT molecular complexity index is 1280. The fourth-order valence-electron chi connectivity index (χ4n) is 2.67. The Labute approximate surface area is 178 Å². The summed E-state index contributed by atoms with van der Waals surface area (Å²) < 4.78 is 35.3. The number of aliphatic hydroxyl groups is 1. The average molecular weight is 439 g/mol. The molecule has 1 heterocycles. The van der Waals surface area contributed by atoms with Crippen LogP contribution in [0, 0.1) is 18.3 Å². The minimum absolute atomic E-state index is 0.0228. The third-order valence-corrected chi connectivity index (χ3v) is 6.16. The van der Waals surface area contributed by atoms with Crippen molar-refractivity contribution in [3.63, 3.8) is 0 Å². The summed E-state index contributed by atoms with van der Waals surface area (Å²) in [7, 11) is -2.28. The van der Waals surface area contributed by atoms with Gasteiger partial charge in [0.1, 0.15) is 17.6 Å². The molecule has 0 unspecified atom stereocenters. The van der Waals surface area contributed by atoms with Crippen molar-refractivity contribution in [3.8, 4) is 11.8 Å². The van der Waals surface area contributed by atoms with Crippen molar-refractivity contribution >= 4 is 27.2 Å². The number of amides is 1. The van der Waals surface area contributed by atoms with Gasteiger partial charge in [-0.3, -0.25) is 4.79 Å². The highest BCUT2D eigenvalue weighted by Crippen LogP contribution is 2.25. The Morgan fingerprint density at radius 2 is 1.71 bits per heavy atom. The summed E-state index contributed by atoms with van der Waals surface area (Å²) in [4.78, 5) is 12.5. The first-order chi connectivity index (χ1) is 14.8. The van der Waals surface area contributed by atoms with E-state index in [-0.39, 0.29) is 26.8 Å². The molecule has 0 fully saturated rings. The molecule has 1 amide bonds. The first-order valence-corrected chi connectivity index (χ1v) is 10.3. The van der Waals surface area contributed by atoms with Crippen LogP contribution < -0.4 is 10.1 Å². The maximum absolute atomic E-state index is 12.7. The number of nitrogens with zero attached hydrogens (tertiary/aromatic N) is 2. The van der Waals surface area contributed by atoms with Gasteiger partial charge in [0.25, 0.3) is 5.91 Å². The molecular formula is C21H17N3O6S. The van der Waals surface area contributed by atoms with Crippen LogP contribution >= 0.6 is 0 Å². The van der Waals surface area contributed by atoms with Gasteiger partial charge in [-0.05, 0) is 55.5 Å². The van der Waals surface area contributed by atoms with Crippen LogP contribution in [0.2, 0.25) is 0 Å². The molecule has 0 radical (unpaired) electrons. The first-order valence-electron chi connectivity index (χ1n) is 8.83. The number of hydrogen-bond acceptors (Lipinski definition) is 8. The summed E-state index contributed by atoms with van der Waals surface area (Å²) in [5, 5.41) is 25.4. The molecule has 3 rings (SSSR count). The van der Waals surface area contributed by atoms with Crippen molar-refractivity contribution in [2.24, 2.45) is 0 Å². The van der Waals surface area contributed by atoms with E-state index in [1.165, 1.54) is 56.6 Å². The van der Waals surface area contributed by atoms with Gasteiger partial charge in [-0.1, -0.05) is 5.16 Å². The van der Waals surface area contributed by atoms with E-state index < -0.39 is 27.1 Å². The van der Waals surface area contributed by atoms with Crippen molar-refractivity contribution in [2.75, 3.05) is 12.4 Å². The third kappa shape index (κ3) is 4.41. The lowest BCUT2D eigenvalue weighted by Crippen LogP contribution is -2.15. The zero-order valence-corrected chi connectivity index (χ0v) is 17.3. The van der Waals surface area contributed by atoms with E-state index in [4.69, 9.17) is 9.26 Å². The lowest BCUT2D eigenvalue weighted by Gasteiger charge is -2.08. The lowest BCUT2D eigenvalue weighted by molar-refractivity contribution is -0.112. The van der Waals surface area contributed by atoms with E-state index in [0.717, 1.165) is 0 Å². The highest BCUT2D eigenvalue weighted by molar-refractivity contribution is 7.91. The highest BCUT2D eigenvalue weighted by atomic mass is 32.2. The summed E-state index contributed by atoms with van der Waals surface area (Å²) in [6.45, 7) is 1.52. The Morgan fingerprint density at radius 3 is 2.19 bits per heavy atom. The number of carbonyl (C=O) groups is 1. The van der Waals surface area contributed by atoms with Gasteiger partial charge in [0.15, 0.2) is 11.3 Å². The SMILES string of the molecule is COc1ccc(S(=O)(=O)c2ccc(NC(=O)/C(C#N)=C(\O)c3cnoc3C)cc2)cc1. The van der Waals surface area contributed by atoms with Gasteiger partial charge >= 0.3 is 0 Å². The number of aryl methyl sites for hydroxylation is 1. The predicted molar refractivity (Wildman–Crippen MR) is 110 cm³/mol. The van der Waals surface area contributed by atoms with Gasteiger partial charge in [-0.2, -0.15) is 5.26 Å². The average Bonchev–Trinajstić information content (AvgIpc) is 3.20. The van der Waals surface area contributed by atoms with E-state index in [9.17, 15) is 23.6 Å². The Hall–Kier alpha value is -4.10. The number of methoxy groups -OCH3 is 1. The maximum atomic E-state index is 12.7. The molecule has 0 bridgehead atoms. The summed E-state index contributed by atoms with van der Waals surface area (Å²) in [5.41, 5.74) is -0.185. The number of anilines is 1. The number of sulfone groups is 1. The normalized spacial score (nSPS) is 11.9. The Kier molecular flexibility index (Phi) is 6.08. The Balaban J connectivity index is 1.82. The number of hydrogen-bond donors (Lipinski definition) is 2. The Morgan fingerprint density at radius 1 is 1.13 bits per heavy atom. The molecular weight excluding hydrogens is 422 g/mol. The standard InChI is InChI=1S/C21H17N3O6S/c1-13-19(12-23-30-13)20(25)18(11-22)21(26)24-14-3-7-16(8-4-14)31(27,28)17-9-5-15(29-2)6-10-17/h3-10,12,25H,1-2H3,(H,24,26)/b20-18-. The van der Waals surface area contributed by atoms with Crippen LogP contribution in [-0.2, 0) is 14.6 Å². The minimum Gasteiger partial charge on any atom is -0.506 e. The number of nitriles is 1. The van der Waals surface area contributed by atoms with Gasteiger partial charge in [0.2, 0.25) is 9.84 Å². The van der Waals surface area contributed by atoms with Crippen LogP contribution in [0.25, 0.3) is 5.76 Å². The number of ether oxygens (including phenoxy) is 1. The second-order valence-corrected chi connectivity index (χ2v) is 8.24. The number of rotatable bonds is 6. The topological polar surface area (TPSA) is 143 Å². The van der Waals surface area contributed by atoms with Crippen molar-refractivity contribution in [2.45, 2.75) is 16.7 Å². The van der Waals surface area contributed by atoms with Crippen LogP contribution in [0.3, 0.4) is 0 Å². The molecule has 1 aromatic heterocycles. The molecule has 10 heteroatoms. The lowest BCUT2D eigenvalue weighted by atomic mass is 10.1.